The standard InChI is InChI=1S/C17H28N4O2/c1-13(2)4-7-21-15-5-6-19(3)12-14(15)16(18-21)17(22)20-8-10-23-11-9-20/h13H,4-12H2,1-3H3. The average Bonchev–Trinajstić information content (AvgIpc) is 2.91. The van der Waals surface area contributed by atoms with E-state index in [1.807, 2.05) is 4.90 Å². The van der Waals surface area contributed by atoms with E-state index in [1.165, 1.54) is 5.69 Å². The molecule has 128 valence electrons. The largest absolute Gasteiger partial charge is 0.378 e. The molecule has 3 heterocycles. The van der Waals surface area contributed by atoms with Crippen molar-refractivity contribution in [3.05, 3.63) is 17.0 Å². The van der Waals surface area contributed by atoms with E-state index in [-0.39, 0.29) is 5.91 Å². The van der Waals surface area contributed by atoms with E-state index >= 15 is 0 Å². The number of aromatic nitrogens is 2. The molecule has 2 aliphatic heterocycles. The van der Waals surface area contributed by atoms with E-state index in [4.69, 9.17) is 9.84 Å². The summed E-state index contributed by atoms with van der Waals surface area (Å²) in [6.45, 7) is 9.80. The zero-order valence-corrected chi connectivity index (χ0v) is 14.5. The average molecular weight is 320 g/mol. The Morgan fingerprint density at radius 1 is 1.26 bits per heavy atom. The van der Waals surface area contributed by atoms with Crippen LogP contribution in [0.5, 0.6) is 0 Å². The molecule has 0 radical (unpaired) electrons. The summed E-state index contributed by atoms with van der Waals surface area (Å²) in [6, 6.07) is 0. The number of carbonyl (C=O) groups is 1. The lowest BCUT2D eigenvalue weighted by molar-refractivity contribution is 0.0297. The van der Waals surface area contributed by atoms with Gasteiger partial charge in [-0.25, -0.2) is 0 Å². The number of aryl methyl sites for hydroxylation is 1. The first-order valence-electron chi connectivity index (χ1n) is 8.70. The second kappa shape index (κ2) is 7.01. The van der Waals surface area contributed by atoms with E-state index in [9.17, 15) is 4.79 Å². The highest BCUT2D eigenvalue weighted by Crippen LogP contribution is 2.24. The number of morpholine rings is 1. The summed E-state index contributed by atoms with van der Waals surface area (Å²) >= 11 is 0. The van der Waals surface area contributed by atoms with Gasteiger partial charge in [0.1, 0.15) is 0 Å². The molecule has 0 aliphatic carbocycles. The molecule has 1 aromatic heterocycles. The van der Waals surface area contributed by atoms with Crippen LogP contribution in [0.3, 0.4) is 0 Å². The molecule has 0 unspecified atom stereocenters. The Hall–Kier alpha value is -1.40. The molecule has 0 aromatic carbocycles. The lowest BCUT2D eigenvalue weighted by Gasteiger charge is -2.27. The third kappa shape index (κ3) is 3.58. The van der Waals surface area contributed by atoms with Gasteiger partial charge >= 0.3 is 0 Å². The number of fused-ring (bicyclic) bond motifs is 1. The molecule has 0 spiro atoms. The monoisotopic (exact) mass is 320 g/mol. The highest BCUT2D eigenvalue weighted by Gasteiger charge is 2.30. The number of likely N-dealkylation sites (N-methyl/N-ethyl adjacent to an activating group) is 1. The topological polar surface area (TPSA) is 50.6 Å². The van der Waals surface area contributed by atoms with Crippen LogP contribution in [-0.4, -0.2) is 65.4 Å². The predicted molar refractivity (Wildman–Crippen MR) is 88.4 cm³/mol. The molecule has 2 aliphatic rings. The number of hydrogen-bond acceptors (Lipinski definition) is 4. The van der Waals surface area contributed by atoms with Crippen LogP contribution >= 0.6 is 0 Å². The van der Waals surface area contributed by atoms with Gasteiger partial charge in [0.2, 0.25) is 0 Å². The molecule has 1 amide bonds. The molecule has 0 saturated carbocycles. The molecule has 6 nitrogen and oxygen atoms in total. The summed E-state index contributed by atoms with van der Waals surface area (Å²) < 4.78 is 7.45. The number of hydrogen-bond donors (Lipinski definition) is 0. The quantitative estimate of drug-likeness (QED) is 0.841. The van der Waals surface area contributed by atoms with Crippen molar-refractivity contribution in [2.24, 2.45) is 5.92 Å². The van der Waals surface area contributed by atoms with E-state index in [1.54, 1.807) is 0 Å². The van der Waals surface area contributed by atoms with Crippen molar-refractivity contribution in [2.75, 3.05) is 39.9 Å². The van der Waals surface area contributed by atoms with Crippen LogP contribution in [0.15, 0.2) is 0 Å². The molecular weight excluding hydrogens is 292 g/mol. The maximum Gasteiger partial charge on any atom is 0.274 e. The third-order valence-corrected chi connectivity index (χ3v) is 4.74. The first-order chi connectivity index (χ1) is 11.1. The third-order valence-electron chi connectivity index (χ3n) is 4.74. The summed E-state index contributed by atoms with van der Waals surface area (Å²) in [5, 5.41) is 4.73. The summed E-state index contributed by atoms with van der Waals surface area (Å²) in [4.78, 5) is 17.1. The highest BCUT2D eigenvalue weighted by molar-refractivity contribution is 5.94. The zero-order chi connectivity index (χ0) is 16.4. The van der Waals surface area contributed by atoms with E-state index in [2.05, 4.69) is 30.5 Å². The van der Waals surface area contributed by atoms with Crippen LogP contribution in [0, 0.1) is 5.92 Å². The van der Waals surface area contributed by atoms with Gasteiger partial charge in [-0.1, -0.05) is 13.8 Å². The normalized spacial score (nSPS) is 19.2. The Morgan fingerprint density at radius 3 is 2.70 bits per heavy atom. The minimum absolute atomic E-state index is 0.0724. The number of ether oxygens (including phenoxy) is 1. The maximum atomic E-state index is 12.9. The lowest BCUT2D eigenvalue weighted by Crippen LogP contribution is -2.41. The fraction of sp³-hybridized carbons (Fsp3) is 0.765. The molecule has 23 heavy (non-hydrogen) atoms. The summed E-state index contributed by atoms with van der Waals surface area (Å²) in [7, 11) is 2.11. The minimum Gasteiger partial charge on any atom is -0.378 e. The molecule has 1 saturated heterocycles. The Kier molecular flexibility index (Phi) is 5.02. The number of carbonyl (C=O) groups excluding carboxylic acids is 1. The van der Waals surface area contributed by atoms with Crippen molar-refractivity contribution in [1.29, 1.82) is 0 Å². The van der Waals surface area contributed by atoms with E-state index < -0.39 is 0 Å². The van der Waals surface area contributed by atoms with Crippen LogP contribution in [0.25, 0.3) is 0 Å². The fourth-order valence-electron chi connectivity index (χ4n) is 3.28. The SMILES string of the molecule is CC(C)CCn1nc(C(=O)N2CCOCC2)c2c1CCN(C)C2. The van der Waals surface area contributed by atoms with Crippen LogP contribution in [0.4, 0.5) is 0 Å². The van der Waals surface area contributed by atoms with Crippen LogP contribution in [0.1, 0.15) is 42.0 Å². The molecule has 3 rings (SSSR count). The zero-order valence-electron chi connectivity index (χ0n) is 14.5. The van der Waals surface area contributed by atoms with Gasteiger partial charge in [0, 0.05) is 50.4 Å². The van der Waals surface area contributed by atoms with Gasteiger partial charge in [-0.2, -0.15) is 5.10 Å². The Labute approximate surface area is 138 Å². The molecule has 6 heteroatoms. The van der Waals surface area contributed by atoms with Gasteiger partial charge in [-0.3, -0.25) is 9.48 Å². The van der Waals surface area contributed by atoms with Crippen molar-refractivity contribution in [2.45, 2.75) is 39.8 Å². The number of amides is 1. The van der Waals surface area contributed by atoms with Gasteiger partial charge in [0.15, 0.2) is 5.69 Å². The minimum atomic E-state index is 0.0724. The molecule has 0 N–H and O–H groups in total. The molecule has 0 atom stereocenters. The van der Waals surface area contributed by atoms with Gasteiger partial charge in [-0.15, -0.1) is 0 Å². The molecular formula is C17H28N4O2. The number of rotatable bonds is 4. The second-order valence-corrected chi connectivity index (χ2v) is 7.07. The Balaban J connectivity index is 1.87. The van der Waals surface area contributed by atoms with Gasteiger partial charge in [0.25, 0.3) is 5.91 Å². The first-order valence-corrected chi connectivity index (χ1v) is 8.70. The molecule has 0 bridgehead atoms. The summed E-state index contributed by atoms with van der Waals surface area (Å²) in [5.41, 5.74) is 3.07. The van der Waals surface area contributed by atoms with Gasteiger partial charge in [0.05, 0.1) is 13.2 Å². The van der Waals surface area contributed by atoms with E-state index in [0.29, 0.717) is 37.9 Å². The van der Waals surface area contributed by atoms with Crippen molar-refractivity contribution in [3.63, 3.8) is 0 Å². The van der Waals surface area contributed by atoms with Crippen LogP contribution < -0.4 is 0 Å². The lowest BCUT2D eigenvalue weighted by atomic mass is 10.0. The fourth-order valence-corrected chi connectivity index (χ4v) is 3.28. The summed E-state index contributed by atoms with van der Waals surface area (Å²) in [6.07, 6.45) is 2.07. The molecule has 1 fully saturated rings. The van der Waals surface area contributed by atoms with Gasteiger partial charge in [-0.05, 0) is 19.4 Å². The van der Waals surface area contributed by atoms with Crippen molar-refractivity contribution in [1.82, 2.24) is 19.6 Å². The highest BCUT2D eigenvalue weighted by atomic mass is 16.5. The van der Waals surface area contributed by atoms with Crippen molar-refractivity contribution in [3.8, 4) is 0 Å². The second-order valence-electron chi connectivity index (χ2n) is 7.07. The first kappa shape index (κ1) is 16.5. The maximum absolute atomic E-state index is 12.9. The van der Waals surface area contributed by atoms with Crippen molar-refractivity contribution < 1.29 is 9.53 Å². The molecule has 1 aromatic rings. The van der Waals surface area contributed by atoms with Crippen LogP contribution in [0.2, 0.25) is 0 Å². The Morgan fingerprint density at radius 2 is 2.00 bits per heavy atom. The smallest absolute Gasteiger partial charge is 0.274 e. The van der Waals surface area contributed by atoms with Crippen LogP contribution in [-0.2, 0) is 24.2 Å². The summed E-state index contributed by atoms with van der Waals surface area (Å²) in [5.74, 6) is 0.711. The number of nitrogens with zero attached hydrogens (tertiary/aromatic N) is 4. The van der Waals surface area contributed by atoms with Gasteiger partial charge < -0.3 is 14.5 Å². The van der Waals surface area contributed by atoms with Crippen molar-refractivity contribution >= 4 is 5.91 Å². The van der Waals surface area contributed by atoms with E-state index in [0.717, 1.165) is 38.0 Å². The predicted octanol–water partition coefficient (Wildman–Crippen LogP) is 1.39. The Bertz CT molecular complexity index is 561.